The summed E-state index contributed by atoms with van der Waals surface area (Å²) >= 11 is 11.0. The van der Waals surface area contributed by atoms with E-state index in [0.29, 0.717) is 17.9 Å². The number of hydrogen-bond acceptors (Lipinski definition) is 3. The number of carbonyl (C=O) groups is 1. The molecule has 0 atom stereocenters. The standard InChI is InChI=1S/C21H17BrClN3OS/c1-13-10-15(22)4-8-18(13)24-20(27)9-7-17-12-28-21-25-19(11-26(17)21)14-2-5-16(23)6-3-14/h2-6,8,10-12H,7,9H2,1H3,(H,24,27). The number of rotatable bonds is 5. The smallest absolute Gasteiger partial charge is 0.224 e. The van der Waals surface area contributed by atoms with Crippen molar-refractivity contribution in [1.82, 2.24) is 9.38 Å². The minimum atomic E-state index is 0.00260. The predicted octanol–water partition coefficient (Wildman–Crippen LogP) is 6.36. The number of halogens is 2. The zero-order valence-electron chi connectivity index (χ0n) is 15.1. The summed E-state index contributed by atoms with van der Waals surface area (Å²) in [6.45, 7) is 1.98. The van der Waals surface area contributed by atoms with Crippen LogP contribution >= 0.6 is 38.9 Å². The summed E-state index contributed by atoms with van der Waals surface area (Å²) in [5.41, 5.74) is 4.88. The highest BCUT2D eigenvalue weighted by Gasteiger charge is 2.12. The van der Waals surface area contributed by atoms with Crippen LogP contribution in [0.25, 0.3) is 16.2 Å². The van der Waals surface area contributed by atoms with Gasteiger partial charge < -0.3 is 5.32 Å². The van der Waals surface area contributed by atoms with Gasteiger partial charge in [0.2, 0.25) is 5.91 Å². The first-order valence-electron chi connectivity index (χ1n) is 8.77. The highest BCUT2D eigenvalue weighted by molar-refractivity contribution is 9.10. The lowest BCUT2D eigenvalue weighted by Crippen LogP contribution is -2.13. The predicted molar refractivity (Wildman–Crippen MR) is 119 cm³/mol. The molecule has 0 aliphatic rings. The average molecular weight is 475 g/mol. The monoisotopic (exact) mass is 473 g/mol. The molecule has 0 unspecified atom stereocenters. The minimum Gasteiger partial charge on any atom is -0.326 e. The van der Waals surface area contributed by atoms with E-state index in [1.165, 1.54) is 0 Å². The molecule has 0 saturated heterocycles. The number of nitrogens with zero attached hydrogens (tertiary/aromatic N) is 2. The summed E-state index contributed by atoms with van der Waals surface area (Å²) in [4.78, 5) is 18.0. The number of nitrogens with one attached hydrogen (secondary N) is 1. The Balaban J connectivity index is 1.46. The topological polar surface area (TPSA) is 46.4 Å². The molecule has 7 heteroatoms. The molecule has 0 fully saturated rings. The molecule has 0 spiro atoms. The van der Waals surface area contributed by atoms with Crippen molar-refractivity contribution in [3.05, 3.63) is 74.8 Å². The van der Waals surface area contributed by atoms with Crippen molar-refractivity contribution in [2.75, 3.05) is 5.32 Å². The van der Waals surface area contributed by atoms with Crippen molar-refractivity contribution in [3.63, 3.8) is 0 Å². The Kier molecular flexibility index (Phi) is 5.53. The number of anilines is 1. The van der Waals surface area contributed by atoms with E-state index in [-0.39, 0.29) is 5.91 Å². The van der Waals surface area contributed by atoms with Gasteiger partial charge in [0.05, 0.1) is 5.69 Å². The molecule has 1 N–H and O–H groups in total. The second-order valence-electron chi connectivity index (χ2n) is 6.52. The molecule has 2 heterocycles. The van der Waals surface area contributed by atoms with Crippen LogP contribution in [0.2, 0.25) is 5.02 Å². The van der Waals surface area contributed by atoms with Crippen molar-refractivity contribution in [2.24, 2.45) is 0 Å². The van der Waals surface area contributed by atoms with Gasteiger partial charge in [-0.15, -0.1) is 11.3 Å². The molecule has 4 aromatic rings. The molecule has 0 radical (unpaired) electrons. The SMILES string of the molecule is Cc1cc(Br)ccc1NC(=O)CCc1csc2nc(-c3ccc(Cl)cc3)cn12. The molecular formula is C21H17BrClN3OS. The van der Waals surface area contributed by atoms with E-state index in [9.17, 15) is 4.79 Å². The second-order valence-corrected chi connectivity index (χ2v) is 8.71. The molecule has 0 aliphatic carbocycles. The molecule has 4 rings (SSSR count). The number of carbonyl (C=O) groups excluding carboxylic acids is 1. The molecule has 0 aliphatic heterocycles. The van der Waals surface area contributed by atoms with Gasteiger partial charge in [0.1, 0.15) is 0 Å². The molecule has 2 aromatic carbocycles. The van der Waals surface area contributed by atoms with Crippen LogP contribution in [-0.4, -0.2) is 15.3 Å². The number of amides is 1. The van der Waals surface area contributed by atoms with Crippen LogP contribution in [0.15, 0.2) is 58.5 Å². The maximum absolute atomic E-state index is 12.4. The van der Waals surface area contributed by atoms with E-state index in [2.05, 4.69) is 36.0 Å². The summed E-state index contributed by atoms with van der Waals surface area (Å²) in [7, 11) is 0. The van der Waals surface area contributed by atoms with Crippen LogP contribution in [0.1, 0.15) is 17.7 Å². The second kappa shape index (κ2) is 8.07. The van der Waals surface area contributed by atoms with Gasteiger partial charge in [-0.25, -0.2) is 4.98 Å². The van der Waals surface area contributed by atoms with E-state index >= 15 is 0 Å². The Morgan fingerprint density at radius 3 is 2.79 bits per heavy atom. The number of imidazole rings is 1. The van der Waals surface area contributed by atoms with Crippen LogP contribution in [0, 0.1) is 6.92 Å². The maximum atomic E-state index is 12.4. The minimum absolute atomic E-state index is 0.00260. The van der Waals surface area contributed by atoms with E-state index in [1.54, 1.807) is 11.3 Å². The number of aryl methyl sites for hydroxylation is 2. The summed E-state index contributed by atoms with van der Waals surface area (Å²) in [5.74, 6) is 0.00260. The molecular weight excluding hydrogens is 458 g/mol. The Morgan fingerprint density at radius 2 is 2.04 bits per heavy atom. The lowest BCUT2D eigenvalue weighted by Gasteiger charge is -2.08. The van der Waals surface area contributed by atoms with E-state index < -0.39 is 0 Å². The zero-order valence-corrected chi connectivity index (χ0v) is 18.2. The van der Waals surface area contributed by atoms with Crippen molar-refractivity contribution in [3.8, 4) is 11.3 Å². The van der Waals surface area contributed by atoms with E-state index in [4.69, 9.17) is 11.6 Å². The molecule has 0 saturated carbocycles. The van der Waals surface area contributed by atoms with Gasteiger partial charge >= 0.3 is 0 Å². The summed E-state index contributed by atoms with van der Waals surface area (Å²) in [5, 5.41) is 5.76. The van der Waals surface area contributed by atoms with Gasteiger partial charge in [-0.3, -0.25) is 9.20 Å². The fraction of sp³-hybridized carbons (Fsp3) is 0.143. The normalized spacial score (nSPS) is 11.1. The lowest BCUT2D eigenvalue weighted by molar-refractivity contribution is -0.116. The zero-order chi connectivity index (χ0) is 19.7. The molecule has 4 nitrogen and oxygen atoms in total. The quantitative estimate of drug-likeness (QED) is 0.366. The third kappa shape index (κ3) is 4.14. The largest absolute Gasteiger partial charge is 0.326 e. The van der Waals surface area contributed by atoms with Gasteiger partial charge in [0.15, 0.2) is 4.96 Å². The Labute approximate surface area is 180 Å². The fourth-order valence-corrected chi connectivity index (χ4v) is 4.50. The first-order valence-corrected chi connectivity index (χ1v) is 10.8. The summed E-state index contributed by atoms with van der Waals surface area (Å²) < 4.78 is 3.06. The van der Waals surface area contributed by atoms with Crippen molar-refractivity contribution < 1.29 is 4.79 Å². The van der Waals surface area contributed by atoms with Gasteiger partial charge in [0, 0.05) is 44.4 Å². The fourth-order valence-electron chi connectivity index (χ4n) is 2.99. The Hall–Kier alpha value is -2.15. The first kappa shape index (κ1) is 19.2. The number of hydrogen-bond donors (Lipinski definition) is 1. The number of fused-ring (bicyclic) bond motifs is 1. The third-order valence-electron chi connectivity index (χ3n) is 4.49. The van der Waals surface area contributed by atoms with Crippen molar-refractivity contribution in [2.45, 2.75) is 19.8 Å². The number of thiazole rings is 1. The number of aromatic nitrogens is 2. The summed E-state index contributed by atoms with van der Waals surface area (Å²) in [6.07, 6.45) is 3.08. The van der Waals surface area contributed by atoms with Crippen LogP contribution in [0.5, 0.6) is 0 Å². The maximum Gasteiger partial charge on any atom is 0.224 e. The molecule has 1 amide bonds. The molecule has 28 heavy (non-hydrogen) atoms. The van der Waals surface area contributed by atoms with Gasteiger partial charge in [-0.1, -0.05) is 39.7 Å². The third-order valence-corrected chi connectivity index (χ3v) is 6.13. The van der Waals surface area contributed by atoms with Gasteiger partial charge in [-0.05, 0) is 49.2 Å². The highest BCUT2D eigenvalue weighted by atomic mass is 79.9. The van der Waals surface area contributed by atoms with Crippen molar-refractivity contribution in [1.29, 1.82) is 0 Å². The average Bonchev–Trinajstić information content (AvgIpc) is 3.24. The lowest BCUT2D eigenvalue weighted by atomic mass is 10.2. The molecule has 2 aromatic heterocycles. The van der Waals surface area contributed by atoms with E-state index in [0.717, 1.165) is 37.6 Å². The highest BCUT2D eigenvalue weighted by Crippen LogP contribution is 2.26. The van der Waals surface area contributed by atoms with Crippen LogP contribution < -0.4 is 5.32 Å². The Morgan fingerprint density at radius 1 is 1.25 bits per heavy atom. The Bertz CT molecular complexity index is 1150. The van der Waals surface area contributed by atoms with Gasteiger partial charge in [0.25, 0.3) is 0 Å². The molecule has 142 valence electrons. The van der Waals surface area contributed by atoms with Crippen LogP contribution in [0.3, 0.4) is 0 Å². The van der Waals surface area contributed by atoms with Crippen molar-refractivity contribution >= 4 is 55.4 Å². The first-order chi connectivity index (χ1) is 13.5. The van der Waals surface area contributed by atoms with Crippen LogP contribution in [0.4, 0.5) is 5.69 Å². The van der Waals surface area contributed by atoms with Gasteiger partial charge in [-0.2, -0.15) is 0 Å². The molecule has 0 bridgehead atoms. The van der Waals surface area contributed by atoms with Crippen LogP contribution in [-0.2, 0) is 11.2 Å². The van der Waals surface area contributed by atoms with E-state index in [1.807, 2.05) is 55.6 Å². The number of benzene rings is 2. The summed E-state index contributed by atoms with van der Waals surface area (Å²) in [6, 6.07) is 13.5.